The molecule has 7 heteroatoms. The van der Waals surface area contributed by atoms with Crippen LogP contribution < -0.4 is 11.1 Å². The summed E-state index contributed by atoms with van der Waals surface area (Å²) in [5.74, 6) is 0.203. The van der Waals surface area contributed by atoms with Gasteiger partial charge in [-0.2, -0.15) is 0 Å². The van der Waals surface area contributed by atoms with E-state index in [1.165, 1.54) is 11.8 Å². The third-order valence-electron chi connectivity index (χ3n) is 7.07. The molecule has 7 nitrogen and oxygen atoms in total. The number of likely N-dealkylation sites (N-methyl/N-ethyl adjacent to an activating group) is 1. The van der Waals surface area contributed by atoms with Gasteiger partial charge in [-0.05, 0) is 73.9 Å². The first-order chi connectivity index (χ1) is 15.9. The molecule has 2 aliphatic rings. The Hall–Kier alpha value is -2.93. The summed E-state index contributed by atoms with van der Waals surface area (Å²) in [6, 6.07) is 10.3. The van der Waals surface area contributed by atoms with E-state index in [4.69, 9.17) is 5.73 Å². The average molecular weight is 450 g/mol. The van der Waals surface area contributed by atoms with Crippen LogP contribution in [0.5, 0.6) is 0 Å². The Bertz CT molecular complexity index is 1020. The highest BCUT2D eigenvalue weighted by atomic mass is 16.2. The van der Waals surface area contributed by atoms with Crippen LogP contribution in [0, 0.1) is 5.92 Å². The van der Waals surface area contributed by atoms with Gasteiger partial charge in [0.1, 0.15) is 5.82 Å². The van der Waals surface area contributed by atoms with Gasteiger partial charge in [0.2, 0.25) is 0 Å². The first kappa shape index (κ1) is 23.2. The molecule has 1 aromatic carbocycles. The molecule has 2 amide bonds. The molecule has 176 valence electrons. The molecule has 0 saturated carbocycles. The number of anilines is 2. The van der Waals surface area contributed by atoms with E-state index >= 15 is 0 Å². The summed E-state index contributed by atoms with van der Waals surface area (Å²) in [5, 5.41) is 2.74. The molecule has 33 heavy (non-hydrogen) atoms. The summed E-state index contributed by atoms with van der Waals surface area (Å²) in [6.07, 6.45) is 5.25. The maximum atomic E-state index is 13.3. The van der Waals surface area contributed by atoms with Crippen LogP contribution in [0.25, 0.3) is 0 Å². The number of nitrogens with one attached hydrogen (secondary N) is 1. The van der Waals surface area contributed by atoms with E-state index in [-0.39, 0.29) is 6.04 Å². The van der Waals surface area contributed by atoms with Crippen molar-refractivity contribution in [3.63, 3.8) is 0 Å². The van der Waals surface area contributed by atoms with Crippen LogP contribution in [0.4, 0.5) is 11.5 Å². The largest absolute Gasteiger partial charge is 0.383 e. The lowest BCUT2D eigenvalue weighted by Gasteiger charge is -2.38. The van der Waals surface area contributed by atoms with Gasteiger partial charge in [0.05, 0.1) is 17.9 Å². The van der Waals surface area contributed by atoms with Gasteiger partial charge >= 0.3 is 11.8 Å². The quantitative estimate of drug-likeness (QED) is 0.696. The summed E-state index contributed by atoms with van der Waals surface area (Å²) >= 11 is 0. The molecule has 2 aromatic rings. The van der Waals surface area contributed by atoms with Gasteiger partial charge in [-0.1, -0.05) is 38.1 Å². The monoisotopic (exact) mass is 449 g/mol. The predicted octanol–water partition coefficient (Wildman–Crippen LogP) is 3.58. The number of hydrogen-bond donors (Lipinski definition) is 2. The van der Waals surface area contributed by atoms with Crippen LogP contribution in [-0.4, -0.2) is 53.3 Å². The third kappa shape index (κ3) is 5.19. The van der Waals surface area contributed by atoms with Gasteiger partial charge in [0.25, 0.3) is 0 Å². The van der Waals surface area contributed by atoms with Gasteiger partial charge in [0.15, 0.2) is 0 Å². The molecule has 0 radical (unpaired) electrons. The topological polar surface area (TPSA) is 91.6 Å². The Morgan fingerprint density at radius 1 is 1.15 bits per heavy atom. The van der Waals surface area contributed by atoms with Crippen molar-refractivity contribution in [2.75, 3.05) is 37.7 Å². The van der Waals surface area contributed by atoms with E-state index in [9.17, 15) is 9.59 Å². The smallest absolute Gasteiger partial charge is 0.313 e. The number of rotatable bonds is 4. The van der Waals surface area contributed by atoms with Crippen LogP contribution in [0.3, 0.4) is 0 Å². The second kappa shape index (κ2) is 9.91. The predicted molar refractivity (Wildman–Crippen MR) is 131 cm³/mol. The van der Waals surface area contributed by atoms with E-state index < -0.39 is 11.8 Å². The number of likely N-dealkylation sites (tertiary alicyclic amines) is 2. The molecule has 3 atom stereocenters. The van der Waals surface area contributed by atoms with E-state index in [2.05, 4.69) is 53.4 Å². The Morgan fingerprint density at radius 3 is 2.67 bits per heavy atom. The van der Waals surface area contributed by atoms with Gasteiger partial charge in [0, 0.05) is 13.1 Å². The highest BCUT2D eigenvalue weighted by molar-refractivity contribution is 6.39. The number of aryl methyl sites for hydroxylation is 1. The Labute approximate surface area is 196 Å². The molecule has 2 saturated heterocycles. The minimum atomic E-state index is -0.628. The van der Waals surface area contributed by atoms with Crippen molar-refractivity contribution in [3.05, 3.63) is 53.2 Å². The first-order valence-electron chi connectivity index (χ1n) is 12.0. The Morgan fingerprint density at radius 2 is 1.94 bits per heavy atom. The van der Waals surface area contributed by atoms with Gasteiger partial charge in [-0.3, -0.25) is 9.59 Å². The second-order valence-electron chi connectivity index (χ2n) is 9.65. The van der Waals surface area contributed by atoms with Crippen LogP contribution in [0.15, 0.2) is 36.5 Å². The molecule has 0 aliphatic carbocycles. The van der Waals surface area contributed by atoms with E-state index in [1.807, 2.05) is 6.92 Å². The molecule has 3 N–H and O–H groups in total. The van der Waals surface area contributed by atoms with E-state index in [0.717, 1.165) is 43.5 Å². The van der Waals surface area contributed by atoms with Crippen LogP contribution >= 0.6 is 0 Å². The Balaban J connectivity index is 1.53. The van der Waals surface area contributed by atoms with Crippen LogP contribution in [0.1, 0.15) is 61.8 Å². The van der Waals surface area contributed by atoms with Gasteiger partial charge in [-0.15, -0.1) is 0 Å². The summed E-state index contributed by atoms with van der Waals surface area (Å²) < 4.78 is 0. The molecule has 2 fully saturated rings. The van der Waals surface area contributed by atoms with Crippen molar-refractivity contribution in [2.45, 2.75) is 51.5 Å². The van der Waals surface area contributed by atoms with Crippen molar-refractivity contribution in [1.82, 2.24) is 14.8 Å². The summed E-state index contributed by atoms with van der Waals surface area (Å²) in [4.78, 5) is 34.5. The lowest BCUT2D eigenvalue weighted by molar-refractivity contribution is -0.146. The number of nitrogens with zero attached hydrogens (tertiary/aromatic N) is 3. The maximum Gasteiger partial charge on any atom is 0.313 e. The first-order valence-corrected chi connectivity index (χ1v) is 12.0. The Kier molecular flexibility index (Phi) is 6.98. The summed E-state index contributed by atoms with van der Waals surface area (Å²) in [5.41, 5.74) is 9.66. The number of piperidine rings is 1. The molecular formula is C26H35N5O2. The second-order valence-corrected chi connectivity index (χ2v) is 9.65. The number of benzene rings is 1. The van der Waals surface area contributed by atoms with Crippen LogP contribution in [0.2, 0.25) is 0 Å². The molecule has 0 bridgehead atoms. The highest BCUT2D eigenvalue weighted by Gasteiger charge is 2.34. The fourth-order valence-corrected chi connectivity index (χ4v) is 5.14. The maximum absolute atomic E-state index is 13.3. The minimum Gasteiger partial charge on any atom is -0.383 e. The SMILES string of the molecule is CCc1cc(NC(=O)C(=O)N2C[C@@H](C)CC[C@@H]2c2cccc(C3CCN(C)C3)c2)cnc1N. The minimum absolute atomic E-state index is 0.0886. The number of nitrogen functional groups attached to an aromatic ring is 1. The number of amides is 2. The third-order valence-corrected chi connectivity index (χ3v) is 7.07. The number of carbonyl (C=O) groups is 2. The lowest BCUT2D eigenvalue weighted by atomic mass is 9.87. The summed E-state index contributed by atoms with van der Waals surface area (Å²) in [7, 11) is 2.16. The van der Waals surface area contributed by atoms with Gasteiger partial charge in [-0.25, -0.2) is 4.98 Å². The molecule has 2 aliphatic heterocycles. The van der Waals surface area contributed by atoms with Crippen molar-refractivity contribution in [2.24, 2.45) is 5.92 Å². The zero-order valence-corrected chi connectivity index (χ0v) is 19.9. The molecule has 4 rings (SSSR count). The standard InChI is InChI=1S/C26H35N5O2/c1-4-18-13-22(14-28-24(18)27)29-25(32)26(33)31-15-17(2)8-9-23(31)20-7-5-6-19(12-20)21-10-11-30(3)16-21/h5-7,12-14,17,21,23H,4,8-11,15-16H2,1-3H3,(H2,27,28)(H,29,32)/t17-,21?,23+/m0/s1. The number of aromatic nitrogens is 1. The number of nitrogens with two attached hydrogens (primary N) is 1. The fourth-order valence-electron chi connectivity index (χ4n) is 5.14. The van der Waals surface area contributed by atoms with Crippen molar-refractivity contribution < 1.29 is 9.59 Å². The van der Waals surface area contributed by atoms with Crippen molar-refractivity contribution in [1.29, 1.82) is 0 Å². The molecule has 3 heterocycles. The average Bonchev–Trinajstić information content (AvgIpc) is 3.26. The van der Waals surface area contributed by atoms with E-state index in [0.29, 0.717) is 36.3 Å². The number of carbonyl (C=O) groups excluding carboxylic acids is 2. The number of hydrogen-bond acceptors (Lipinski definition) is 5. The normalized spacial score (nSPS) is 23.5. The van der Waals surface area contributed by atoms with Crippen molar-refractivity contribution >= 4 is 23.3 Å². The molecule has 1 aromatic heterocycles. The van der Waals surface area contributed by atoms with E-state index in [1.54, 1.807) is 11.0 Å². The van der Waals surface area contributed by atoms with Gasteiger partial charge < -0.3 is 20.9 Å². The molecular weight excluding hydrogens is 414 g/mol. The zero-order chi connectivity index (χ0) is 23.5. The molecule has 0 spiro atoms. The highest BCUT2D eigenvalue weighted by Crippen LogP contribution is 2.36. The van der Waals surface area contributed by atoms with Crippen LogP contribution in [-0.2, 0) is 16.0 Å². The zero-order valence-electron chi connectivity index (χ0n) is 19.9. The lowest BCUT2D eigenvalue weighted by Crippen LogP contribution is -2.46. The summed E-state index contributed by atoms with van der Waals surface area (Å²) in [6.45, 7) is 6.86. The number of pyridine rings is 1. The fraction of sp³-hybridized carbons (Fsp3) is 0.500. The molecule has 1 unspecified atom stereocenters. The van der Waals surface area contributed by atoms with Crippen molar-refractivity contribution in [3.8, 4) is 0 Å².